The second-order valence-corrected chi connectivity index (χ2v) is 7.38. The molecule has 0 saturated carbocycles. The van der Waals surface area contributed by atoms with Gasteiger partial charge in [-0.25, -0.2) is 0 Å². The Labute approximate surface area is 167 Å². The van der Waals surface area contributed by atoms with E-state index in [0.717, 1.165) is 22.3 Å². The van der Waals surface area contributed by atoms with Gasteiger partial charge in [-0.05, 0) is 46.4 Å². The Morgan fingerprint density at radius 2 is 1.23 bits per heavy atom. The lowest BCUT2D eigenvalue weighted by Crippen LogP contribution is -2.01. The summed E-state index contributed by atoms with van der Waals surface area (Å²) in [6, 6.07) is 24.7. The molecule has 0 fully saturated rings. The van der Waals surface area contributed by atoms with Gasteiger partial charge in [-0.2, -0.15) is 0 Å². The van der Waals surface area contributed by atoms with Crippen LogP contribution in [0.4, 0.5) is 0 Å². The Morgan fingerprint density at radius 1 is 0.731 bits per heavy atom. The molecule has 0 spiro atoms. The molecule has 0 radical (unpaired) electrons. The van der Waals surface area contributed by atoms with Crippen LogP contribution in [-0.2, 0) is 0 Å². The highest BCUT2D eigenvalue weighted by Gasteiger charge is 2.08. The Balaban J connectivity index is 1.83. The standard InChI is InChI=1S/C22H16Cl2OS/c23-19-10-6-16(7-11-19)21(17-8-12-20(24)13-9-17)14-26-15-22(25)18-4-2-1-3-5-18/h1-14H,15H2. The molecule has 0 aliphatic rings. The van der Waals surface area contributed by atoms with Gasteiger partial charge in [0.25, 0.3) is 0 Å². The number of halogens is 2. The molecule has 0 amide bonds. The van der Waals surface area contributed by atoms with Crippen molar-refractivity contribution >= 4 is 46.3 Å². The molecule has 1 nitrogen and oxygen atoms in total. The van der Waals surface area contributed by atoms with Gasteiger partial charge in [-0.1, -0.05) is 77.8 Å². The summed E-state index contributed by atoms with van der Waals surface area (Å²) in [6.45, 7) is 0. The zero-order chi connectivity index (χ0) is 18.4. The van der Waals surface area contributed by atoms with Crippen LogP contribution in [0, 0.1) is 0 Å². The highest BCUT2D eigenvalue weighted by molar-refractivity contribution is 8.03. The summed E-state index contributed by atoms with van der Waals surface area (Å²) in [7, 11) is 0. The van der Waals surface area contributed by atoms with Crippen LogP contribution in [0.5, 0.6) is 0 Å². The summed E-state index contributed by atoms with van der Waals surface area (Å²) >= 11 is 13.5. The molecule has 130 valence electrons. The van der Waals surface area contributed by atoms with Crippen LogP contribution in [0.1, 0.15) is 21.5 Å². The van der Waals surface area contributed by atoms with Gasteiger partial charge in [0.2, 0.25) is 0 Å². The van der Waals surface area contributed by atoms with Crippen molar-refractivity contribution in [3.8, 4) is 0 Å². The zero-order valence-corrected chi connectivity index (χ0v) is 16.2. The largest absolute Gasteiger partial charge is 0.293 e. The first-order valence-electron chi connectivity index (χ1n) is 8.05. The van der Waals surface area contributed by atoms with E-state index >= 15 is 0 Å². The molecule has 0 aromatic heterocycles. The third kappa shape index (κ3) is 5.01. The van der Waals surface area contributed by atoms with Crippen LogP contribution >= 0.6 is 35.0 Å². The fourth-order valence-electron chi connectivity index (χ4n) is 2.47. The second-order valence-electron chi connectivity index (χ2n) is 5.65. The summed E-state index contributed by atoms with van der Waals surface area (Å²) in [5.41, 5.74) is 3.84. The van der Waals surface area contributed by atoms with E-state index in [1.165, 1.54) is 11.8 Å². The third-order valence-corrected chi connectivity index (χ3v) is 5.16. The molecule has 0 N–H and O–H groups in total. The lowest BCUT2D eigenvalue weighted by molar-refractivity contribution is 0.102. The molecule has 3 rings (SSSR count). The number of hydrogen-bond donors (Lipinski definition) is 0. The van der Waals surface area contributed by atoms with Gasteiger partial charge in [0.05, 0.1) is 5.75 Å². The smallest absolute Gasteiger partial charge is 0.173 e. The van der Waals surface area contributed by atoms with E-state index in [4.69, 9.17) is 23.2 Å². The van der Waals surface area contributed by atoms with Crippen LogP contribution < -0.4 is 0 Å². The van der Waals surface area contributed by atoms with Crippen LogP contribution in [0.3, 0.4) is 0 Å². The minimum atomic E-state index is 0.110. The fraction of sp³-hybridized carbons (Fsp3) is 0.0455. The van der Waals surface area contributed by atoms with Gasteiger partial charge >= 0.3 is 0 Å². The van der Waals surface area contributed by atoms with Crippen molar-refractivity contribution in [1.29, 1.82) is 0 Å². The summed E-state index contributed by atoms with van der Waals surface area (Å²) in [6.07, 6.45) is 0. The first kappa shape index (κ1) is 18.8. The van der Waals surface area contributed by atoms with Crippen LogP contribution in [0.25, 0.3) is 5.57 Å². The first-order chi connectivity index (χ1) is 12.6. The number of hydrogen-bond acceptors (Lipinski definition) is 2. The first-order valence-corrected chi connectivity index (χ1v) is 9.86. The maximum Gasteiger partial charge on any atom is 0.173 e. The third-order valence-electron chi connectivity index (χ3n) is 3.82. The maximum absolute atomic E-state index is 12.3. The SMILES string of the molecule is O=C(CSC=C(c1ccc(Cl)cc1)c1ccc(Cl)cc1)c1ccccc1. The summed E-state index contributed by atoms with van der Waals surface area (Å²) in [5, 5.41) is 3.40. The van der Waals surface area contributed by atoms with Crippen LogP contribution in [0.2, 0.25) is 10.0 Å². The molecule has 0 aliphatic heterocycles. The number of benzene rings is 3. The van der Waals surface area contributed by atoms with Crippen molar-refractivity contribution in [2.24, 2.45) is 0 Å². The molecule has 26 heavy (non-hydrogen) atoms. The molecular weight excluding hydrogens is 383 g/mol. The number of ketones is 1. The van der Waals surface area contributed by atoms with Gasteiger partial charge in [0, 0.05) is 15.6 Å². The molecular formula is C22H16Cl2OS. The van der Waals surface area contributed by atoms with Crippen molar-refractivity contribution in [2.75, 3.05) is 5.75 Å². The number of Topliss-reactive ketones (excluding diaryl/α,β-unsaturated/α-hetero) is 1. The molecule has 3 aromatic rings. The molecule has 0 atom stereocenters. The lowest BCUT2D eigenvalue weighted by Gasteiger charge is -2.09. The van der Waals surface area contributed by atoms with E-state index in [2.05, 4.69) is 0 Å². The number of rotatable bonds is 6. The van der Waals surface area contributed by atoms with Gasteiger partial charge in [-0.3, -0.25) is 4.79 Å². The fourth-order valence-corrected chi connectivity index (χ4v) is 3.56. The number of thioether (sulfide) groups is 1. The Hall–Kier alpha value is -2.00. The molecule has 0 aliphatic carbocycles. The highest BCUT2D eigenvalue weighted by Crippen LogP contribution is 2.28. The predicted octanol–water partition coefficient (Wildman–Crippen LogP) is 7.00. The van der Waals surface area contributed by atoms with E-state index in [1.54, 1.807) is 0 Å². The van der Waals surface area contributed by atoms with E-state index < -0.39 is 0 Å². The van der Waals surface area contributed by atoms with Gasteiger partial charge < -0.3 is 0 Å². The molecule has 0 saturated heterocycles. The lowest BCUT2D eigenvalue weighted by atomic mass is 10.00. The van der Waals surface area contributed by atoms with E-state index in [1.807, 2.05) is 84.3 Å². The number of carbonyl (C=O) groups excluding carboxylic acids is 1. The van der Waals surface area contributed by atoms with E-state index in [-0.39, 0.29) is 5.78 Å². The van der Waals surface area contributed by atoms with Crippen molar-refractivity contribution in [1.82, 2.24) is 0 Å². The van der Waals surface area contributed by atoms with Crippen molar-refractivity contribution in [2.45, 2.75) is 0 Å². The minimum Gasteiger partial charge on any atom is -0.293 e. The molecule has 0 heterocycles. The predicted molar refractivity (Wildman–Crippen MR) is 113 cm³/mol. The average Bonchev–Trinajstić information content (AvgIpc) is 2.68. The average molecular weight is 399 g/mol. The quantitative estimate of drug-likeness (QED) is 0.415. The van der Waals surface area contributed by atoms with Crippen molar-refractivity contribution in [3.05, 3.63) is 111 Å². The maximum atomic E-state index is 12.3. The van der Waals surface area contributed by atoms with Gasteiger partial charge in [0.15, 0.2) is 5.78 Å². The monoisotopic (exact) mass is 398 g/mol. The zero-order valence-electron chi connectivity index (χ0n) is 13.9. The Kier molecular flexibility index (Phi) is 6.56. The topological polar surface area (TPSA) is 17.1 Å². The van der Waals surface area contributed by atoms with Gasteiger partial charge in [0.1, 0.15) is 0 Å². The highest BCUT2D eigenvalue weighted by atomic mass is 35.5. The minimum absolute atomic E-state index is 0.110. The summed E-state index contributed by atoms with van der Waals surface area (Å²) < 4.78 is 0. The Morgan fingerprint density at radius 3 is 1.73 bits per heavy atom. The molecule has 0 unspecified atom stereocenters. The van der Waals surface area contributed by atoms with Crippen molar-refractivity contribution < 1.29 is 4.79 Å². The summed E-state index contributed by atoms with van der Waals surface area (Å²) in [4.78, 5) is 12.3. The van der Waals surface area contributed by atoms with Crippen LogP contribution in [0.15, 0.2) is 84.3 Å². The second kappa shape index (κ2) is 9.09. The molecule has 0 bridgehead atoms. The van der Waals surface area contributed by atoms with Gasteiger partial charge in [-0.15, -0.1) is 11.8 Å². The normalized spacial score (nSPS) is 10.4. The van der Waals surface area contributed by atoms with E-state index in [0.29, 0.717) is 15.8 Å². The Bertz CT molecular complexity index is 854. The molecule has 3 aromatic carbocycles. The summed E-state index contributed by atoms with van der Waals surface area (Å²) in [5.74, 6) is 0.493. The van der Waals surface area contributed by atoms with Crippen LogP contribution in [-0.4, -0.2) is 11.5 Å². The van der Waals surface area contributed by atoms with E-state index in [9.17, 15) is 4.79 Å². The number of carbonyl (C=O) groups is 1. The van der Waals surface area contributed by atoms with Crippen molar-refractivity contribution in [3.63, 3.8) is 0 Å². The molecule has 4 heteroatoms.